The lowest BCUT2D eigenvalue weighted by Crippen LogP contribution is -2.01. The van der Waals surface area contributed by atoms with E-state index in [1.54, 1.807) is 0 Å². The van der Waals surface area contributed by atoms with Crippen LogP contribution in [-0.2, 0) is 0 Å². The van der Waals surface area contributed by atoms with Crippen LogP contribution in [0.2, 0.25) is 0 Å². The van der Waals surface area contributed by atoms with Crippen molar-refractivity contribution in [3.8, 4) is 0 Å². The highest BCUT2D eigenvalue weighted by atomic mass is 14.7. The first kappa shape index (κ1) is 11.2. The Morgan fingerprint density at radius 3 is 2.42 bits per heavy atom. The van der Waals surface area contributed by atoms with E-state index in [-0.39, 0.29) is 5.41 Å². The van der Waals surface area contributed by atoms with Gasteiger partial charge in [-0.3, -0.25) is 4.99 Å². The Labute approximate surface area is 75.9 Å². The highest BCUT2D eigenvalue weighted by molar-refractivity contribution is 5.73. The fraction of sp³-hybridized carbons (Fsp3) is 0.545. The smallest absolute Gasteiger partial charge is 0.0341 e. The molecule has 0 aromatic carbocycles. The summed E-state index contributed by atoms with van der Waals surface area (Å²) < 4.78 is 0. The van der Waals surface area contributed by atoms with Gasteiger partial charge in [0, 0.05) is 17.3 Å². The van der Waals surface area contributed by atoms with Crippen molar-refractivity contribution >= 4 is 6.21 Å². The summed E-state index contributed by atoms with van der Waals surface area (Å²) in [4.78, 5) is 4.17. The molecular weight excluding hydrogens is 146 g/mol. The molecule has 0 bridgehead atoms. The summed E-state index contributed by atoms with van der Waals surface area (Å²) in [5.74, 6) is 0. The van der Waals surface area contributed by atoms with E-state index < -0.39 is 0 Å². The Kier molecular flexibility index (Phi) is 4.57. The third-order valence-corrected chi connectivity index (χ3v) is 1.47. The lowest BCUT2D eigenvalue weighted by molar-refractivity contribution is 0.622. The first-order valence-electron chi connectivity index (χ1n) is 4.51. The maximum Gasteiger partial charge on any atom is 0.0341 e. The molecule has 0 fully saturated rings. The van der Waals surface area contributed by atoms with Gasteiger partial charge in [-0.1, -0.05) is 39.8 Å². The van der Waals surface area contributed by atoms with Gasteiger partial charge in [0.2, 0.25) is 0 Å². The van der Waals surface area contributed by atoms with Gasteiger partial charge in [0.15, 0.2) is 0 Å². The quantitative estimate of drug-likeness (QED) is 0.520. The van der Waals surface area contributed by atoms with Crippen LogP contribution < -0.4 is 0 Å². The van der Waals surface area contributed by atoms with Crippen LogP contribution in [0.4, 0.5) is 0 Å². The maximum atomic E-state index is 4.17. The van der Waals surface area contributed by atoms with E-state index in [9.17, 15) is 0 Å². The summed E-state index contributed by atoms with van der Waals surface area (Å²) in [5, 5.41) is 0. The van der Waals surface area contributed by atoms with Crippen LogP contribution in [0, 0.1) is 5.41 Å². The molecule has 12 heavy (non-hydrogen) atoms. The fourth-order valence-corrected chi connectivity index (χ4v) is 1.08. The molecule has 0 aromatic heterocycles. The molecular formula is C11H19N. The van der Waals surface area contributed by atoms with E-state index in [1.165, 1.54) is 0 Å². The average Bonchev–Trinajstić information content (AvgIpc) is 2.14. The van der Waals surface area contributed by atoms with Crippen molar-refractivity contribution in [3.63, 3.8) is 0 Å². The number of aliphatic imine (C=N–C) groups is 1. The number of hydrogen-bond donors (Lipinski definition) is 0. The molecule has 1 heterocycles. The number of nitrogens with zero attached hydrogens (tertiary/aromatic N) is 1. The molecule has 0 aliphatic carbocycles. The largest absolute Gasteiger partial charge is 0.262 e. The summed E-state index contributed by atoms with van der Waals surface area (Å²) in [5.41, 5.74) is 1.26. The van der Waals surface area contributed by atoms with E-state index in [0.717, 1.165) is 5.70 Å². The van der Waals surface area contributed by atoms with Crippen LogP contribution in [0.25, 0.3) is 0 Å². The van der Waals surface area contributed by atoms with Gasteiger partial charge in [-0.25, -0.2) is 0 Å². The second-order valence-corrected chi connectivity index (χ2v) is 3.24. The van der Waals surface area contributed by atoms with Crippen molar-refractivity contribution in [3.05, 3.63) is 23.9 Å². The Balaban J connectivity index is 0.000000561. The molecule has 0 aromatic rings. The van der Waals surface area contributed by atoms with Crippen LogP contribution in [0.15, 0.2) is 28.9 Å². The summed E-state index contributed by atoms with van der Waals surface area (Å²) >= 11 is 0. The third-order valence-electron chi connectivity index (χ3n) is 1.47. The fourth-order valence-electron chi connectivity index (χ4n) is 1.08. The SMILES string of the molecule is CC.CC1=CC(C)(C)C=CC=N1. The number of hydrogen-bond acceptors (Lipinski definition) is 1. The molecule has 0 N–H and O–H groups in total. The first-order chi connectivity index (χ1) is 5.60. The number of allylic oxidation sites excluding steroid dienone is 4. The molecule has 0 radical (unpaired) electrons. The Hall–Kier alpha value is -0.850. The van der Waals surface area contributed by atoms with Gasteiger partial charge < -0.3 is 0 Å². The third kappa shape index (κ3) is 4.12. The van der Waals surface area contributed by atoms with E-state index in [1.807, 2.05) is 33.1 Å². The minimum Gasteiger partial charge on any atom is -0.262 e. The molecule has 0 unspecified atom stereocenters. The van der Waals surface area contributed by atoms with Gasteiger partial charge in [-0.2, -0.15) is 0 Å². The first-order valence-corrected chi connectivity index (χ1v) is 4.51. The second kappa shape index (κ2) is 4.91. The van der Waals surface area contributed by atoms with E-state index in [0.29, 0.717) is 0 Å². The normalized spacial score (nSPS) is 18.9. The zero-order valence-corrected chi connectivity index (χ0v) is 8.76. The van der Waals surface area contributed by atoms with Crippen LogP contribution >= 0.6 is 0 Å². The molecule has 0 saturated heterocycles. The van der Waals surface area contributed by atoms with Crippen molar-refractivity contribution < 1.29 is 0 Å². The van der Waals surface area contributed by atoms with Gasteiger partial charge >= 0.3 is 0 Å². The predicted molar refractivity (Wildman–Crippen MR) is 56.5 cm³/mol. The van der Waals surface area contributed by atoms with Crippen molar-refractivity contribution in [2.75, 3.05) is 0 Å². The topological polar surface area (TPSA) is 12.4 Å². The molecule has 0 amide bonds. The van der Waals surface area contributed by atoms with Crippen molar-refractivity contribution in [2.45, 2.75) is 34.6 Å². The van der Waals surface area contributed by atoms with E-state index in [2.05, 4.69) is 31.0 Å². The Morgan fingerprint density at radius 1 is 1.25 bits per heavy atom. The van der Waals surface area contributed by atoms with Gasteiger partial charge in [0.1, 0.15) is 0 Å². The maximum absolute atomic E-state index is 4.17. The summed E-state index contributed by atoms with van der Waals surface area (Å²) in [6.07, 6.45) is 8.13. The summed E-state index contributed by atoms with van der Waals surface area (Å²) in [6.45, 7) is 10.4. The van der Waals surface area contributed by atoms with Gasteiger partial charge in [-0.15, -0.1) is 0 Å². The molecule has 1 heteroatoms. The van der Waals surface area contributed by atoms with E-state index in [4.69, 9.17) is 0 Å². The highest BCUT2D eigenvalue weighted by Gasteiger charge is 2.10. The lowest BCUT2D eigenvalue weighted by Gasteiger charge is -2.12. The monoisotopic (exact) mass is 165 g/mol. The average molecular weight is 165 g/mol. The summed E-state index contributed by atoms with van der Waals surface area (Å²) in [6, 6.07) is 0. The highest BCUT2D eigenvalue weighted by Crippen LogP contribution is 2.22. The van der Waals surface area contributed by atoms with Crippen LogP contribution in [0.5, 0.6) is 0 Å². The predicted octanol–water partition coefficient (Wildman–Crippen LogP) is 3.58. The van der Waals surface area contributed by atoms with Gasteiger partial charge in [-0.05, 0) is 13.0 Å². The van der Waals surface area contributed by atoms with E-state index >= 15 is 0 Å². The Bertz CT molecular complexity index is 207. The molecule has 68 valence electrons. The molecule has 1 aliphatic rings. The van der Waals surface area contributed by atoms with Crippen LogP contribution in [0.3, 0.4) is 0 Å². The van der Waals surface area contributed by atoms with Gasteiger partial charge in [0.25, 0.3) is 0 Å². The Morgan fingerprint density at radius 2 is 1.83 bits per heavy atom. The molecule has 1 nitrogen and oxygen atoms in total. The molecule has 0 saturated carbocycles. The molecule has 1 aliphatic heterocycles. The van der Waals surface area contributed by atoms with Crippen LogP contribution in [-0.4, -0.2) is 6.21 Å². The van der Waals surface area contributed by atoms with Crippen molar-refractivity contribution in [1.82, 2.24) is 0 Å². The number of rotatable bonds is 0. The minimum atomic E-state index is 0.167. The standard InChI is InChI=1S/C9H13N.C2H6/c1-8-7-9(2,3)5-4-6-10-8;1-2/h4-7H,1-3H3;1-2H3. The van der Waals surface area contributed by atoms with Crippen molar-refractivity contribution in [2.24, 2.45) is 10.4 Å². The van der Waals surface area contributed by atoms with Crippen LogP contribution in [0.1, 0.15) is 34.6 Å². The van der Waals surface area contributed by atoms with Crippen molar-refractivity contribution in [1.29, 1.82) is 0 Å². The zero-order valence-electron chi connectivity index (χ0n) is 8.76. The summed E-state index contributed by atoms with van der Waals surface area (Å²) in [7, 11) is 0. The molecule has 1 rings (SSSR count). The zero-order chi connectivity index (χ0) is 9.61. The minimum absolute atomic E-state index is 0.167. The molecule has 0 atom stereocenters. The lowest BCUT2D eigenvalue weighted by atomic mass is 9.92. The second-order valence-electron chi connectivity index (χ2n) is 3.24. The molecule has 0 spiro atoms. The van der Waals surface area contributed by atoms with Gasteiger partial charge in [0.05, 0.1) is 0 Å².